The van der Waals surface area contributed by atoms with Crippen molar-refractivity contribution in [2.45, 2.75) is 32.2 Å². The Balaban J connectivity index is 0.000000176. The molecule has 0 saturated carbocycles. The fourth-order valence-electron chi connectivity index (χ4n) is 3.77. The summed E-state index contributed by atoms with van der Waals surface area (Å²) >= 11 is 0. The third-order valence-electron chi connectivity index (χ3n) is 5.42. The number of likely N-dealkylation sites (tertiary alicyclic amines) is 1. The molecule has 2 aromatic rings. The minimum absolute atomic E-state index is 0.293. The van der Waals surface area contributed by atoms with Crippen molar-refractivity contribution in [2.75, 3.05) is 37.4 Å². The minimum Gasteiger partial charge on any atom is -0.396 e. The Morgan fingerprint density at radius 1 is 1.17 bits per heavy atom. The number of carbonyl (C=O) groups is 1. The molecule has 156 valence electrons. The first-order valence-corrected chi connectivity index (χ1v) is 10.1. The number of pyridine rings is 1. The standard InChI is InChI=1S/C12H10FN3O.C10H19NO/c13-9-3-1-8(2-4-9)11-6-5-10(14)12(16-11)15-7-17;1-9-2-5-11(8-9)10-3-6-12-7-4-10/h1-7H,14H2,(H,15,16,17);9-10H,2-8H2,1H3. The van der Waals surface area contributed by atoms with Crippen molar-refractivity contribution >= 4 is 17.9 Å². The number of ether oxygens (including phenoxy) is 1. The molecule has 1 aromatic heterocycles. The lowest BCUT2D eigenvalue weighted by atomic mass is 10.1. The number of aromatic nitrogens is 1. The van der Waals surface area contributed by atoms with Gasteiger partial charge in [-0.15, -0.1) is 0 Å². The summed E-state index contributed by atoms with van der Waals surface area (Å²) in [5, 5.41) is 2.41. The number of anilines is 2. The number of carbonyl (C=O) groups excluding carboxylic acids is 1. The molecule has 0 radical (unpaired) electrons. The summed E-state index contributed by atoms with van der Waals surface area (Å²) in [5.41, 5.74) is 7.38. The van der Waals surface area contributed by atoms with Crippen molar-refractivity contribution in [3.8, 4) is 11.3 Å². The van der Waals surface area contributed by atoms with E-state index in [2.05, 4.69) is 22.1 Å². The van der Waals surface area contributed by atoms with Crippen LogP contribution in [0.2, 0.25) is 0 Å². The van der Waals surface area contributed by atoms with Crippen molar-refractivity contribution in [2.24, 2.45) is 5.92 Å². The minimum atomic E-state index is -0.310. The number of hydrogen-bond donors (Lipinski definition) is 2. The number of nitrogen functional groups attached to an aromatic ring is 1. The first kappa shape index (κ1) is 21.2. The zero-order chi connectivity index (χ0) is 20.6. The summed E-state index contributed by atoms with van der Waals surface area (Å²) in [7, 11) is 0. The van der Waals surface area contributed by atoms with Gasteiger partial charge in [0, 0.05) is 31.4 Å². The van der Waals surface area contributed by atoms with Gasteiger partial charge in [-0.3, -0.25) is 9.69 Å². The van der Waals surface area contributed by atoms with Gasteiger partial charge < -0.3 is 15.8 Å². The van der Waals surface area contributed by atoms with Crippen LogP contribution < -0.4 is 11.1 Å². The van der Waals surface area contributed by atoms with Crippen LogP contribution in [0.4, 0.5) is 15.9 Å². The maximum Gasteiger partial charge on any atom is 0.212 e. The van der Waals surface area contributed by atoms with Gasteiger partial charge in [-0.05, 0) is 68.1 Å². The zero-order valence-electron chi connectivity index (χ0n) is 16.8. The number of nitrogens with zero attached hydrogens (tertiary/aromatic N) is 2. The number of rotatable bonds is 4. The number of nitrogens with one attached hydrogen (secondary N) is 1. The van der Waals surface area contributed by atoms with E-state index in [4.69, 9.17) is 10.5 Å². The number of halogens is 1. The molecule has 1 unspecified atom stereocenters. The molecular weight excluding hydrogens is 371 g/mol. The van der Waals surface area contributed by atoms with Gasteiger partial charge in [-0.1, -0.05) is 6.92 Å². The molecular formula is C22H29FN4O2. The lowest BCUT2D eigenvalue weighted by Gasteiger charge is -2.30. The van der Waals surface area contributed by atoms with Crippen LogP contribution >= 0.6 is 0 Å². The van der Waals surface area contributed by atoms with E-state index < -0.39 is 0 Å². The Labute approximate surface area is 171 Å². The van der Waals surface area contributed by atoms with Gasteiger partial charge in [-0.2, -0.15) is 0 Å². The third kappa shape index (κ3) is 5.98. The molecule has 2 saturated heterocycles. The molecule has 2 fully saturated rings. The highest BCUT2D eigenvalue weighted by Gasteiger charge is 2.26. The summed E-state index contributed by atoms with van der Waals surface area (Å²) in [5.74, 6) is 0.908. The SMILES string of the molecule is CC1CCN(C2CCOCC2)C1.Nc1ccc(-c2ccc(F)cc2)nc1NC=O. The highest BCUT2D eigenvalue weighted by atomic mass is 19.1. The van der Waals surface area contributed by atoms with Crippen molar-refractivity contribution in [3.63, 3.8) is 0 Å². The predicted molar refractivity (Wildman–Crippen MR) is 113 cm³/mol. The van der Waals surface area contributed by atoms with Crippen LogP contribution in [0.15, 0.2) is 36.4 Å². The van der Waals surface area contributed by atoms with Crippen LogP contribution in [0.5, 0.6) is 0 Å². The van der Waals surface area contributed by atoms with Crippen LogP contribution in [0.1, 0.15) is 26.2 Å². The topological polar surface area (TPSA) is 80.5 Å². The van der Waals surface area contributed by atoms with Crippen LogP contribution in [0.25, 0.3) is 11.3 Å². The quantitative estimate of drug-likeness (QED) is 0.768. The fraction of sp³-hybridized carbons (Fsp3) is 0.455. The number of nitrogens with two attached hydrogens (primary N) is 1. The second-order valence-electron chi connectivity index (χ2n) is 7.64. The molecule has 7 heteroatoms. The summed E-state index contributed by atoms with van der Waals surface area (Å²) in [6.45, 7) is 6.97. The van der Waals surface area contributed by atoms with Gasteiger partial charge in [0.15, 0.2) is 5.82 Å². The third-order valence-corrected chi connectivity index (χ3v) is 5.42. The summed E-state index contributed by atoms with van der Waals surface area (Å²) in [6, 6.07) is 10.1. The molecule has 1 atom stereocenters. The van der Waals surface area contributed by atoms with E-state index in [0.717, 1.165) is 30.7 Å². The molecule has 1 aromatic carbocycles. The molecule has 3 N–H and O–H groups in total. The number of amides is 1. The van der Waals surface area contributed by atoms with Crippen LogP contribution in [0.3, 0.4) is 0 Å². The molecule has 1 amide bonds. The Bertz CT molecular complexity index is 791. The molecule has 6 nitrogen and oxygen atoms in total. The number of hydrogen-bond acceptors (Lipinski definition) is 5. The largest absolute Gasteiger partial charge is 0.396 e. The van der Waals surface area contributed by atoms with Crippen molar-refractivity contribution in [1.29, 1.82) is 0 Å². The normalized spacial score (nSPS) is 20.0. The lowest BCUT2D eigenvalue weighted by molar-refractivity contribution is -0.105. The second-order valence-corrected chi connectivity index (χ2v) is 7.64. The van der Waals surface area contributed by atoms with E-state index in [1.54, 1.807) is 24.3 Å². The smallest absolute Gasteiger partial charge is 0.212 e. The Morgan fingerprint density at radius 3 is 2.52 bits per heavy atom. The van der Waals surface area contributed by atoms with E-state index in [9.17, 15) is 9.18 Å². The first-order valence-electron chi connectivity index (χ1n) is 10.1. The van der Waals surface area contributed by atoms with Gasteiger partial charge in [-0.25, -0.2) is 9.37 Å². The maximum atomic E-state index is 12.8. The second kappa shape index (κ2) is 10.3. The van der Waals surface area contributed by atoms with Crippen LogP contribution in [-0.4, -0.2) is 48.6 Å². The van der Waals surface area contributed by atoms with E-state index >= 15 is 0 Å². The average Bonchev–Trinajstić information content (AvgIpc) is 3.18. The van der Waals surface area contributed by atoms with Gasteiger partial charge in [0.2, 0.25) is 6.41 Å². The Kier molecular flexibility index (Phi) is 7.55. The van der Waals surface area contributed by atoms with E-state index in [0.29, 0.717) is 23.6 Å². The average molecular weight is 400 g/mol. The van der Waals surface area contributed by atoms with Crippen molar-refractivity contribution in [1.82, 2.24) is 9.88 Å². The van der Waals surface area contributed by atoms with Crippen LogP contribution in [0, 0.1) is 11.7 Å². The van der Waals surface area contributed by atoms with Gasteiger partial charge in [0.05, 0.1) is 11.4 Å². The molecule has 2 aliphatic heterocycles. The molecule has 0 bridgehead atoms. The van der Waals surface area contributed by atoms with E-state index in [-0.39, 0.29) is 5.82 Å². The Morgan fingerprint density at radius 2 is 1.90 bits per heavy atom. The van der Waals surface area contributed by atoms with Crippen molar-refractivity contribution < 1.29 is 13.9 Å². The highest BCUT2D eigenvalue weighted by molar-refractivity contribution is 5.78. The summed E-state index contributed by atoms with van der Waals surface area (Å²) in [4.78, 5) is 17.2. The lowest BCUT2D eigenvalue weighted by Crippen LogP contribution is -2.37. The molecule has 0 spiro atoms. The molecule has 3 heterocycles. The molecule has 29 heavy (non-hydrogen) atoms. The van der Waals surface area contributed by atoms with Gasteiger partial charge in [0.25, 0.3) is 0 Å². The fourth-order valence-corrected chi connectivity index (χ4v) is 3.77. The molecule has 4 rings (SSSR count). The first-order chi connectivity index (χ1) is 14.1. The predicted octanol–water partition coefficient (Wildman–Crippen LogP) is 3.55. The van der Waals surface area contributed by atoms with Crippen LogP contribution in [-0.2, 0) is 9.53 Å². The molecule has 2 aliphatic rings. The van der Waals surface area contributed by atoms with Gasteiger partial charge in [0.1, 0.15) is 5.82 Å². The highest BCUT2D eigenvalue weighted by Crippen LogP contribution is 2.24. The van der Waals surface area contributed by atoms with Gasteiger partial charge >= 0.3 is 0 Å². The molecule has 0 aliphatic carbocycles. The van der Waals surface area contributed by atoms with E-state index in [1.165, 1.54) is 44.5 Å². The maximum absolute atomic E-state index is 12.8. The number of benzene rings is 1. The van der Waals surface area contributed by atoms with Crippen molar-refractivity contribution in [3.05, 3.63) is 42.2 Å². The summed E-state index contributed by atoms with van der Waals surface area (Å²) < 4.78 is 18.1. The monoisotopic (exact) mass is 400 g/mol. The Hall–Kier alpha value is -2.51. The summed E-state index contributed by atoms with van der Waals surface area (Å²) in [6.07, 6.45) is 4.42. The zero-order valence-corrected chi connectivity index (χ0v) is 16.8. The van der Waals surface area contributed by atoms with E-state index in [1.807, 2.05) is 0 Å².